The first-order valence-corrected chi connectivity index (χ1v) is 9.57. The van der Waals surface area contributed by atoms with Gasteiger partial charge in [0.2, 0.25) is 0 Å². The standard InChI is InChI=1S/C12H18BrNO2S2/c1-2-14-12(9-6-7-11(13)17-9)10-5-3-4-8-18(10,15)16/h6-7,10,12,14H,2-5,8H2,1H3. The van der Waals surface area contributed by atoms with E-state index in [-0.39, 0.29) is 11.3 Å². The molecular formula is C12H18BrNO2S2. The lowest BCUT2D eigenvalue weighted by atomic mass is 10.1. The molecule has 0 spiro atoms. The number of rotatable bonds is 4. The average Bonchev–Trinajstić information content (AvgIpc) is 2.73. The van der Waals surface area contributed by atoms with Gasteiger partial charge in [-0.15, -0.1) is 11.3 Å². The van der Waals surface area contributed by atoms with E-state index in [1.807, 2.05) is 19.1 Å². The fraction of sp³-hybridized carbons (Fsp3) is 0.667. The lowest BCUT2D eigenvalue weighted by molar-refractivity contribution is 0.458. The van der Waals surface area contributed by atoms with Crippen LogP contribution in [0.4, 0.5) is 0 Å². The van der Waals surface area contributed by atoms with Crippen LogP contribution in [0.15, 0.2) is 15.9 Å². The van der Waals surface area contributed by atoms with Crippen molar-refractivity contribution in [3.63, 3.8) is 0 Å². The Kier molecular flexibility index (Phi) is 4.86. The molecular weight excluding hydrogens is 334 g/mol. The summed E-state index contributed by atoms with van der Waals surface area (Å²) in [5.41, 5.74) is 0. The number of hydrogen-bond acceptors (Lipinski definition) is 4. The third kappa shape index (κ3) is 3.15. The van der Waals surface area contributed by atoms with Crippen molar-refractivity contribution in [2.75, 3.05) is 12.3 Å². The molecule has 1 fully saturated rings. The van der Waals surface area contributed by atoms with Crippen LogP contribution in [0.2, 0.25) is 0 Å². The monoisotopic (exact) mass is 351 g/mol. The molecule has 18 heavy (non-hydrogen) atoms. The van der Waals surface area contributed by atoms with Gasteiger partial charge in [0.15, 0.2) is 9.84 Å². The first kappa shape index (κ1) is 14.5. The predicted octanol–water partition coefficient (Wildman–Crippen LogP) is 3.13. The van der Waals surface area contributed by atoms with Gasteiger partial charge in [0.25, 0.3) is 0 Å². The molecule has 1 N–H and O–H groups in total. The highest BCUT2D eigenvalue weighted by molar-refractivity contribution is 9.11. The molecule has 0 saturated carbocycles. The van der Waals surface area contributed by atoms with E-state index < -0.39 is 9.84 Å². The van der Waals surface area contributed by atoms with Crippen LogP contribution in [0.1, 0.15) is 37.1 Å². The maximum Gasteiger partial charge on any atom is 0.155 e. The summed E-state index contributed by atoms with van der Waals surface area (Å²) in [5, 5.41) is 3.08. The summed E-state index contributed by atoms with van der Waals surface area (Å²) < 4.78 is 25.5. The first-order valence-electron chi connectivity index (χ1n) is 6.25. The Morgan fingerprint density at radius 1 is 1.50 bits per heavy atom. The van der Waals surface area contributed by atoms with Gasteiger partial charge in [-0.2, -0.15) is 0 Å². The minimum absolute atomic E-state index is 0.0587. The summed E-state index contributed by atoms with van der Waals surface area (Å²) in [5.74, 6) is 0.339. The zero-order chi connectivity index (χ0) is 13.2. The Labute approximate surface area is 121 Å². The van der Waals surface area contributed by atoms with Crippen LogP contribution >= 0.6 is 27.3 Å². The van der Waals surface area contributed by atoms with E-state index in [0.29, 0.717) is 5.75 Å². The number of nitrogens with one attached hydrogen (secondary N) is 1. The van der Waals surface area contributed by atoms with Gasteiger partial charge in [-0.05, 0) is 47.4 Å². The fourth-order valence-electron chi connectivity index (χ4n) is 2.48. The van der Waals surface area contributed by atoms with Gasteiger partial charge in [0, 0.05) is 4.88 Å². The highest BCUT2D eigenvalue weighted by Crippen LogP contribution is 2.35. The summed E-state index contributed by atoms with van der Waals surface area (Å²) >= 11 is 5.07. The van der Waals surface area contributed by atoms with Gasteiger partial charge < -0.3 is 5.32 Å². The van der Waals surface area contributed by atoms with Crippen LogP contribution in [0.5, 0.6) is 0 Å². The molecule has 0 aromatic carbocycles. The van der Waals surface area contributed by atoms with Crippen molar-refractivity contribution in [3.8, 4) is 0 Å². The molecule has 0 amide bonds. The highest BCUT2D eigenvalue weighted by Gasteiger charge is 2.36. The molecule has 102 valence electrons. The quantitative estimate of drug-likeness (QED) is 0.906. The van der Waals surface area contributed by atoms with E-state index >= 15 is 0 Å². The van der Waals surface area contributed by atoms with Crippen LogP contribution in [-0.2, 0) is 9.84 Å². The van der Waals surface area contributed by atoms with E-state index in [1.165, 1.54) is 0 Å². The van der Waals surface area contributed by atoms with Crippen LogP contribution in [0.3, 0.4) is 0 Å². The highest BCUT2D eigenvalue weighted by atomic mass is 79.9. The minimum Gasteiger partial charge on any atom is -0.308 e. The summed E-state index contributed by atoms with van der Waals surface area (Å²) in [6.07, 6.45) is 2.60. The lowest BCUT2D eigenvalue weighted by Crippen LogP contribution is -2.40. The normalized spacial score (nSPS) is 24.9. The van der Waals surface area contributed by atoms with Crippen molar-refractivity contribution in [2.24, 2.45) is 0 Å². The second kappa shape index (κ2) is 6.03. The SMILES string of the molecule is CCNC(c1ccc(Br)s1)C1CCCCS1(=O)=O. The second-order valence-corrected chi connectivity index (χ2v) is 9.41. The molecule has 2 rings (SSSR count). The van der Waals surface area contributed by atoms with Crippen molar-refractivity contribution < 1.29 is 8.42 Å². The van der Waals surface area contributed by atoms with Crippen LogP contribution < -0.4 is 5.32 Å². The zero-order valence-corrected chi connectivity index (χ0v) is 13.6. The van der Waals surface area contributed by atoms with Gasteiger partial charge >= 0.3 is 0 Å². The van der Waals surface area contributed by atoms with Crippen molar-refractivity contribution in [1.29, 1.82) is 0 Å². The Bertz CT molecular complexity index is 498. The largest absolute Gasteiger partial charge is 0.308 e. The van der Waals surface area contributed by atoms with Crippen molar-refractivity contribution >= 4 is 37.1 Å². The van der Waals surface area contributed by atoms with E-state index in [4.69, 9.17) is 0 Å². The molecule has 1 aromatic rings. The molecule has 0 radical (unpaired) electrons. The topological polar surface area (TPSA) is 46.2 Å². The molecule has 0 aliphatic carbocycles. The van der Waals surface area contributed by atoms with E-state index in [1.54, 1.807) is 11.3 Å². The number of sulfone groups is 1. The first-order chi connectivity index (χ1) is 8.54. The van der Waals surface area contributed by atoms with E-state index in [9.17, 15) is 8.42 Å². The molecule has 2 unspecified atom stereocenters. The van der Waals surface area contributed by atoms with Gasteiger partial charge in [-0.3, -0.25) is 0 Å². The average molecular weight is 352 g/mol. The van der Waals surface area contributed by atoms with Gasteiger partial charge in [0.1, 0.15) is 0 Å². The van der Waals surface area contributed by atoms with E-state index in [2.05, 4.69) is 21.2 Å². The Hall–Kier alpha value is 0.0900. The number of thiophene rings is 1. The van der Waals surface area contributed by atoms with Crippen LogP contribution in [0.25, 0.3) is 0 Å². The fourth-order valence-corrected chi connectivity index (χ4v) is 6.23. The van der Waals surface area contributed by atoms with E-state index in [0.717, 1.165) is 34.5 Å². The third-order valence-corrected chi connectivity index (χ3v) is 7.32. The van der Waals surface area contributed by atoms with Crippen molar-refractivity contribution in [2.45, 2.75) is 37.5 Å². The summed E-state index contributed by atoms with van der Waals surface area (Å²) in [4.78, 5) is 1.11. The summed E-state index contributed by atoms with van der Waals surface area (Å²) in [7, 11) is -2.95. The molecule has 1 aromatic heterocycles. The Morgan fingerprint density at radius 3 is 2.83 bits per heavy atom. The van der Waals surface area contributed by atoms with Crippen LogP contribution in [-0.4, -0.2) is 26.0 Å². The maximum atomic E-state index is 12.2. The molecule has 3 nitrogen and oxygen atoms in total. The second-order valence-electron chi connectivity index (χ2n) is 4.58. The molecule has 1 aliphatic heterocycles. The molecule has 1 saturated heterocycles. The van der Waals surface area contributed by atoms with Gasteiger partial charge in [-0.25, -0.2) is 8.42 Å². The van der Waals surface area contributed by atoms with Gasteiger partial charge in [-0.1, -0.05) is 13.3 Å². The molecule has 2 heterocycles. The van der Waals surface area contributed by atoms with Crippen molar-refractivity contribution in [3.05, 3.63) is 20.8 Å². The zero-order valence-electron chi connectivity index (χ0n) is 10.4. The van der Waals surface area contributed by atoms with Crippen LogP contribution in [0, 0.1) is 0 Å². The number of halogens is 1. The molecule has 0 bridgehead atoms. The Morgan fingerprint density at radius 2 is 2.28 bits per heavy atom. The minimum atomic E-state index is -2.95. The molecule has 2 atom stereocenters. The maximum absolute atomic E-state index is 12.2. The lowest BCUT2D eigenvalue weighted by Gasteiger charge is -2.30. The summed E-state index contributed by atoms with van der Waals surface area (Å²) in [6, 6.07) is 3.95. The molecule has 1 aliphatic rings. The summed E-state index contributed by atoms with van der Waals surface area (Å²) in [6.45, 7) is 2.80. The number of hydrogen-bond donors (Lipinski definition) is 1. The van der Waals surface area contributed by atoms with Gasteiger partial charge in [0.05, 0.1) is 20.8 Å². The predicted molar refractivity (Wildman–Crippen MR) is 79.9 cm³/mol. The smallest absolute Gasteiger partial charge is 0.155 e. The Balaban J connectivity index is 2.29. The molecule has 6 heteroatoms. The third-order valence-electron chi connectivity index (χ3n) is 3.33. The van der Waals surface area contributed by atoms with Crippen molar-refractivity contribution in [1.82, 2.24) is 5.32 Å².